The van der Waals surface area contributed by atoms with Gasteiger partial charge in [-0.15, -0.1) is 0 Å². The summed E-state index contributed by atoms with van der Waals surface area (Å²) in [7, 11) is 0. The number of hydrogen-bond acceptors (Lipinski definition) is 2. The van der Waals surface area contributed by atoms with Crippen LogP contribution < -0.4 is 0 Å². The number of rotatable bonds is 4. The fourth-order valence-corrected chi connectivity index (χ4v) is 3.83. The minimum absolute atomic E-state index is 0.0234. The number of hydrogen-bond donors (Lipinski definition) is 1. The molecule has 3 aromatic rings. The van der Waals surface area contributed by atoms with Crippen LogP contribution in [0.15, 0.2) is 84.9 Å². The second-order valence-electron chi connectivity index (χ2n) is 7.06. The van der Waals surface area contributed by atoms with Gasteiger partial charge in [-0.3, -0.25) is 4.79 Å². The third-order valence-electron chi connectivity index (χ3n) is 5.26. The van der Waals surface area contributed by atoms with Gasteiger partial charge in [-0.05, 0) is 48.1 Å². The molecule has 1 heterocycles. The lowest BCUT2D eigenvalue weighted by Gasteiger charge is -2.28. The molecule has 136 valence electrons. The summed E-state index contributed by atoms with van der Waals surface area (Å²) in [6.07, 6.45) is 1.50. The molecule has 1 N–H and O–H groups in total. The first-order chi connectivity index (χ1) is 13.2. The molecule has 3 nitrogen and oxygen atoms in total. The first-order valence-corrected chi connectivity index (χ1v) is 9.42. The van der Waals surface area contributed by atoms with Gasteiger partial charge in [-0.1, -0.05) is 72.8 Å². The van der Waals surface area contributed by atoms with Gasteiger partial charge in [-0.2, -0.15) is 0 Å². The van der Waals surface area contributed by atoms with E-state index in [0.717, 1.165) is 12.8 Å². The van der Waals surface area contributed by atoms with Crippen LogP contribution in [0.3, 0.4) is 0 Å². The normalized spacial score (nSPS) is 19.2. The number of likely N-dealkylation sites (tertiary alicyclic amines) is 1. The standard InChI is InChI=1S/C24H23NO2/c26-23-16-15-22(25(23)24(27)21-9-5-2-6-10-21)17-18-11-13-20(14-12-18)19-7-3-1-4-8-19/h1-14,22-23,26H,15-17H2/t22-,23?/m0/s1. The number of aliphatic hydroxyl groups excluding tert-OH is 1. The number of carbonyl (C=O) groups excluding carboxylic acids is 1. The molecule has 0 saturated carbocycles. The smallest absolute Gasteiger partial charge is 0.256 e. The summed E-state index contributed by atoms with van der Waals surface area (Å²) in [5.41, 5.74) is 4.19. The third-order valence-corrected chi connectivity index (χ3v) is 5.26. The average Bonchev–Trinajstić information content (AvgIpc) is 3.09. The van der Waals surface area contributed by atoms with Crippen molar-refractivity contribution < 1.29 is 9.90 Å². The molecular weight excluding hydrogens is 334 g/mol. The Labute approximate surface area is 159 Å². The minimum Gasteiger partial charge on any atom is -0.374 e. The lowest BCUT2D eigenvalue weighted by Crippen LogP contribution is -2.42. The van der Waals surface area contributed by atoms with Gasteiger partial charge in [0.2, 0.25) is 0 Å². The van der Waals surface area contributed by atoms with Gasteiger partial charge in [0.1, 0.15) is 6.23 Å². The van der Waals surface area contributed by atoms with Crippen molar-refractivity contribution in [1.82, 2.24) is 4.90 Å². The number of carbonyl (C=O) groups is 1. The fourth-order valence-electron chi connectivity index (χ4n) is 3.83. The summed E-state index contributed by atoms with van der Waals surface area (Å²) >= 11 is 0. The lowest BCUT2D eigenvalue weighted by atomic mass is 9.99. The monoisotopic (exact) mass is 357 g/mol. The van der Waals surface area contributed by atoms with Gasteiger partial charge in [0.15, 0.2) is 0 Å². The Kier molecular flexibility index (Phi) is 5.03. The van der Waals surface area contributed by atoms with Crippen molar-refractivity contribution >= 4 is 5.91 Å². The number of benzene rings is 3. The molecule has 1 fully saturated rings. The van der Waals surface area contributed by atoms with Crippen molar-refractivity contribution in [3.05, 3.63) is 96.1 Å². The molecule has 0 aliphatic carbocycles. The highest BCUT2D eigenvalue weighted by atomic mass is 16.3. The average molecular weight is 357 g/mol. The SMILES string of the molecule is O=C(c1ccccc1)N1C(O)CC[C@H]1Cc1ccc(-c2ccccc2)cc1. The Morgan fingerprint density at radius 3 is 2.07 bits per heavy atom. The molecule has 3 heteroatoms. The van der Waals surface area contributed by atoms with Crippen LogP contribution in [-0.4, -0.2) is 28.2 Å². The molecule has 1 saturated heterocycles. The fraction of sp³-hybridized carbons (Fsp3) is 0.208. The Bertz CT molecular complexity index is 891. The van der Waals surface area contributed by atoms with Crippen molar-refractivity contribution in [1.29, 1.82) is 0 Å². The Morgan fingerprint density at radius 1 is 0.815 bits per heavy atom. The summed E-state index contributed by atoms with van der Waals surface area (Å²) in [5, 5.41) is 10.4. The van der Waals surface area contributed by atoms with E-state index in [0.29, 0.717) is 12.0 Å². The Balaban J connectivity index is 1.50. The maximum absolute atomic E-state index is 12.9. The first kappa shape index (κ1) is 17.5. The molecule has 2 atom stereocenters. The molecule has 1 aliphatic rings. The predicted octanol–water partition coefficient (Wildman–Crippen LogP) is 4.52. The van der Waals surface area contributed by atoms with E-state index in [1.807, 2.05) is 36.4 Å². The molecular formula is C24H23NO2. The second kappa shape index (κ2) is 7.77. The van der Waals surface area contributed by atoms with Crippen molar-refractivity contribution in [2.45, 2.75) is 31.5 Å². The van der Waals surface area contributed by atoms with E-state index in [4.69, 9.17) is 0 Å². The maximum Gasteiger partial charge on any atom is 0.256 e. The van der Waals surface area contributed by atoms with Gasteiger partial charge < -0.3 is 10.0 Å². The first-order valence-electron chi connectivity index (χ1n) is 9.42. The van der Waals surface area contributed by atoms with Crippen molar-refractivity contribution in [2.24, 2.45) is 0 Å². The van der Waals surface area contributed by atoms with E-state index < -0.39 is 6.23 Å². The maximum atomic E-state index is 12.9. The van der Waals surface area contributed by atoms with Gasteiger partial charge in [0.05, 0.1) is 0 Å². The molecule has 0 radical (unpaired) electrons. The van der Waals surface area contributed by atoms with Crippen LogP contribution >= 0.6 is 0 Å². The summed E-state index contributed by atoms with van der Waals surface area (Å²) in [6, 6.07) is 28.0. The third kappa shape index (κ3) is 3.79. The molecule has 0 bridgehead atoms. The predicted molar refractivity (Wildman–Crippen MR) is 107 cm³/mol. The van der Waals surface area contributed by atoms with Crippen LogP contribution in [0, 0.1) is 0 Å². The molecule has 1 amide bonds. The van der Waals surface area contributed by atoms with Crippen LogP contribution in [0.5, 0.6) is 0 Å². The van der Waals surface area contributed by atoms with Crippen LogP contribution in [0.2, 0.25) is 0 Å². The van der Waals surface area contributed by atoms with E-state index in [9.17, 15) is 9.90 Å². The highest BCUT2D eigenvalue weighted by Crippen LogP contribution is 2.28. The summed E-state index contributed by atoms with van der Waals surface area (Å²) in [4.78, 5) is 14.5. The number of aliphatic hydroxyl groups is 1. The zero-order chi connectivity index (χ0) is 18.6. The zero-order valence-corrected chi connectivity index (χ0v) is 15.2. The molecule has 4 rings (SSSR count). The summed E-state index contributed by atoms with van der Waals surface area (Å²) < 4.78 is 0. The van der Waals surface area contributed by atoms with Gasteiger partial charge in [0.25, 0.3) is 5.91 Å². The highest BCUT2D eigenvalue weighted by Gasteiger charge is 2.36. The lowest BCUT2D eigenvalue weighted by molar-refractivity contribution is 0.0168. The Hall–Kier alpha value is -2.91. The largest absolute Gasteiger partial charge is 0.374 e. The van der Waals surface area contributed by atoms with E-state index in [1.165, 1.54) is 16.7 Å². The molecule has 1 aliphatic heterocycles. The molecule has 1 unspecified atom stereocenters. The minimum atomic E-state index is -0.703. The van der Waals surface area contributed by atoms with Crippen molar-refractivity contribution in [3.8, 4) is 11.1 Å². The van der Waals surface area contributed by atoms with Crippen LogP contribution in [0.1, 0.15) is 28.8 Å². The van der Waals surface area contributed by atoms with E-state index in [-0.39, 0.29) is 11.9 Å². The van der Waals surface area contributed by atoms with Crippen molar-refractivity contribution in [3.63, 3.8) is 0 Å². The molecule has 27 heavy (non-hydrogen) atoms. The van der Waals surface area contributed by atoms with Crippen molar-refractivity contribution in [2.75, 3.05) is 0 Å². The quantitative estimate of drug-likeness (QED) is 0.746. The van der Waals surface area contributed by atoms with Gasteiger partial charge in [0, 0.05) is 11.6 Å². The van der Waals surface area contributed by atoms with Crippen LogP contribution in [0.4, 0.5) is 0 Å². The molecule has 3 aromatic carbocycles. The van der Waals surface area contributed by atoms with Gasteiger partial charge in [-0.25, -0.2) is 0 Å². The number of amides is 1. The van der Waals surface area contributed by atoms with Gasteiger partial charge >= 0.3 is 0 Å². The summed E-state index contributed by atoms with van der Waals surface area (Å²) in [6.45, 7) is 0. The molecule has 0 spiro atoms. The Morgan fingerprint density at radius 2 is 1.41 bits per heavy atom. The molecule has 0 aromatic heterocycles. The highest BCUT2D eigenvalue weighted by molar-refractivity contribution is 5.94. The van der Waals surface area contributed by atoms with Crippen LogP contribution in [0.25, 0.3) is 11.1 Å². The topological polar surface area (TPSA) is 40.5 Å². The summed E-state index contributed by atoms with van der Waals surface area (Å²) in [5.74, 6) is -0.0912. The zero-order valence-electron chi connectivity index (χ0n) is 15.2. The van der Waals surface area contributed by atoms with E-state index in [1.54, 1.807) is 17.0 Å². The van der Waals surface area contributed by atoms with E-state index in [2.05, 4.69) is 36.4 Å². The van der Waals surface area contributed by atoms with E-state index >= 15 is 0 Å². The number of nitrogens with zero attached hydrogens (tertiary/aromatic N) is 1. The van der Waals surface area contributed by atoms with Crippen LogP contribution in [-0.2, 0) is 6.42 Å². The second-order valence-corrected chi connectivity index (χ2v) is 7.06.